The van der Waals surface area contributed by atoms with Gasteiger partial charge in [-0.25, -0.2) is 9.78 Å². The Hall–Kier alpha value is -1.47. The van der Waals surface area contributed by atoms with Crippen molar-refractivity contribution in [2.45, 2.75) is 50.6 Å². The predicted octanol–water partition coefficient (Wildman–Crippen LogP) is 1.68. The van der Waals surface area contributed by atoms with E-state index in [-0.39, 0.29) is 17.6 Å². The van der Waals surface area contributed by atoms with Gasteiger partial charge in [0.1, 0.15) is 5.01 Å². The Morgan fingerprint density at radius 3 is 2.65 bits per heavy atom. The van der Waals surface area contributed by atoms with E-state index in [1.165, 1.54) is 16.7 Å². The second kappa shape index (κ2) is 5.88. The molecule has 6 nitrogen and oxygen atoms in total. The van der Waals surface area contributed by atoms with Gasteiger partial charge >= 0.3 is 5.97 Å². The first-order valence-corrected chi connectivity index (χ1v) is 7.59. The van der Waals surface area contributed by atoms with E-state index in [0.717, 1.165) is 19.3 Å². The molecule has 1 heterocycles. The van der Waals surface area contributed by atoms with E-state index in [1.807, 2.05) is 0 Å². The molecule has 110 valence electrons. The number of nitrogens with one attached hydrogen (secondary N) is 1. The lowest BCUT2D eigenvalue weighted by Gasteiger charge is -2.32. The number of nitrogens with two attached hydrogens (primary N) is 1. The van der Waals surface area contributed by atoms with Gasteiger partial charge in [0.15, 0.2) is 5.69 Å². The number of hydrogen-bond donors (Lipinski definition) is 3. The van der Waals surface area contributed by atoms with Crippen LogP contribution in [0.5, 0.6) is 0 Å². The van der Waals surface area contributed by atoms with Gasteiger partial charge in [-0.15, -0.1) is 11.3 Å². The number of carbonyl (C=O) groups excluding carboxylic acids is 1. The minimum Gasteiger partial charge on any atom is -0.476 e. The van der Waals surface area contributed by atoms with Crippen molar-refractivity contribution in [2.24, 2.45) is 5.73 Å². The molecule has 0 spiro atoms. The van der Waals surface area contributed by atoms with Crippen LogP contribution < -0.4 is 11.1 Å². The molecule has 1 saturated carbocycles. The molecule has 1 aromatic rings. The molecule has 1 aliphatic rings. The second-order valence-electron chi connectivity index (χ2n) is 5.29. The van der Waals surface area contributed by atoms with Crippen LogP contribution in [0.25, 0.3) is 0 Å². The highest BCUT2D eigenvalue weighted by Gasteiger charge is 2.36. The summed E-state index contributed by atoms with van der Waals surface area (Å²) in [6, 6.07) is -0.331. The van der Waals surface area contributed by atoms with Gasteiger partial charge in [-0.05, 0) is 19.8 Å². The number of thiazole rings is 1. The first-order chi connectivity index (χ1) is 9.42. The van der Waals surface area contributed by atoms with Crippen molar-refractivity contribution in [1.82, 2.24) is 10.3 Å². The number of carboxylic acid groups (broad SMARTS) is 1. The summed E-state index contributed by atoms with van der Waals surface area (Å²) < 4.78 is 0. The Kier molecular flexibility index (Phi) is 4.39. The number of amides is 1. The Bertz CT molecular complexity index is 509. The van der Waals surface area contributed by atoms with Gasteiger partial charge in [-0.3, -0.25) is 4.79 Å². The minimum atomic E-state index is -1.06. The van der Waals surface area contributed by atoms with Crippen LogP contribution in [0.15, 0.2) is 5.38 Å². The maximum atomic E-state index is 12.3. The van der Waals surface area contributed by atoms with Crippen LogP contribution in [0.3, 0.4) is 0 Å². The van der Waals surface area contributed by atoms with E-state index in [0.29, 0.717) is 17.8 Å². The Labute approximate surface area is 121 Å². The van der Waals surface area contributed by atoms with Gasteiger partial charge in [0, 0.05) is 5.38 Å². The largest absolute Gasteiger partial charge is 0.476 e. The Balaban J connectivity index is 2.01. The van der Waals surface area contributed by atoms with Crippen molar-refractivity contribution in [1.29, 1.82) is 0 Å². The molecule has 0 aromatic carbocycles. The number of rotatable bonds is 4. The SMILES string of the molecule is CC(NC(=O)C1(N)CCCCC1)c1nc(C(=O)O)cs1. The highest BCUT2D eigenvalue weighted by atomic mass is 32.1. The minimum absolute atomic E-state index is 0.00577. The number of carboxylic acids is 1. The third-order valence-electron chi connectivity index (χ3n) is 3.66. The van der Waals surface area contributed by atoms with E-state index >= 15 is 0 Å². The standard InChI is InChI=1S/C13H19N3O3S/c1-8(10-16-9(7-20-10)11(17)18)15-12(19)13(14)5-3-2-4-6-13/h7-8H,2-6,14H2,1H3,(H,15,19)(H,17,18). The van der Waals surface area contributed by atoms with Crippen LogP contribution in [0.1, 0.15) is 60.6 Å². The van der Waals surface area contributed by atoms with E-state index in [1.54, 1.807) is 6.92 Å². The first kappa shape index (κ1) is 14.9. The molecule has 0 radical (unpaired) electrons. The van der Waals surface area contributed by atoms with Crippen LogP contribution in [0.2, 0.25) is 0 Å². The molecule has 4 N–H and O–H groups in total. The summed E-state index contributed by atoms with van der Waals surface area (Å²) in [7, 11) is 0. The topological polar surface area (TPSA) is 105 Å². The second-order valence-corrected chi connectivity index (χ2v) is 6.18. The summed E-state index contributed by atoms with van der Waals surface area (Å²) >= 11 is 1.23. The zero-order chi connectivity index (χ0) is 14.8. The van der Waals surface area contributed by atoms with Crippen LogP contribution in [-0.2, 0) is 4.79 Å². The molecule has 0 saturated heterocycles. The Morgan fingerprint density at radius 1 is 1.45 bits per heavy atom. The van der Waals surface area contributed by atoms with Crippen LogP contribution in [-0.4, -0.2) is 27.5 Å². The van der Waals surface area contributed by atoms with Gasteiger partial charge in [0.2, 0.25) is 5.91 Å². The highest BCUT2D eigenvalue weighted by molar-refractivity contribution is 7.09. The molecule has 1 atom stereocenters. The number of aromatic nitrogens is 1. The van der Waals surface area contributed by atoms with Crippen LogP contribution >= 0.6 is 11.3 Å². The zero-order valence-electron chi connectivity index (χ0n) is 11.4. The maximum Gasteiger partial charge on any atom is 0.355 e. The smallest absolute Gasteiger partial charge is 0.355 e. The molecule has 1 fully saturated rings. The van der Waals surface area contributed by atoms with Crippen molar-refractivity contribution < 1.29 is 14.7 Å². The summed E-state index contributed by atoms with van der Waals surface area (Å²) in [5, 5.41) is 13.7. The van der Waals surface area contributed by atoms with Gasteiger partial charge < -0.3 is 16.2 Å². The average Bonchev–Trinajstić information content (AvgIpc) is 2.89. The lowest BCUT2D eigenvalue weighted by atomic mass is 9.82. The molecule has 1 aliphatic carbocycles. The van der Waals surface area contributed by atoms with E-state index in [9.17, 15) is 9.59 Å². The summed E-state index contributed by atoms with van der Waals surface area (Å²) in [4.78, 5) is 27.1. The number of aromatic carboxylic acids is 1. The van der Waals surface area contributed by atoms with E-state index < -0.39 is 11.5 Å². The van der Waals surface area contributed by atoms with E-state index in [2.05, 4.69) is 10.3 Å². The lowest BCUT2D eigenvalue weighted by molar-refractivity contribution is -0.128. The fourth-order valence-corrected chi connectivity index (χ4v) is 3.20. The van der Waals surface area contributed by atoms with Crippen molar-refractivity contribution in [2.75, 3.05) is 0 Å². The number of hydrogen-bond acceptors (Lipinski definition) is 5. The van der Waals surface area contributed by atoms with Crippen molar-refractivity contribution in [3.8, 4) is 0 Å². The van der Waals surface area contributed by atoms with Crippen molar-refractivity contribution in [3.63, 3.8) is 0 Å². The zero-order valence-corrected chi connectivity index (χ0v) is 12.2. The summed E-state index contributed by atoms with van der Waals surface area (Å²) in [5.41, 5.74) is 5.37. The van der Waals surface area contributed by atoms with Gasteiger partial charge in [-0.1, -0.05) is 19.3 Å². The molecule has 0 aliphatic heterocycles. The fourth-order valence-electron chi connectivity index (χ4n) is 2.40. The van der Waals surface area contributed by atoms with Gasteiger partial charge in [0.05, 0.1) is 11.6 Å². The lowest BCUT2D eigenvalue weighted by Crippen LogP contribution is -2.55. The van der Waals surface area contributed by atoms with E-state index in [4.69, 9.17) is 10.8 Å². The molecule has 1 unspecified atom stereocenters. The number of carbonyl (C=O) groups is 2. The molecule has 1 aromatic heterocycles. The molecule has 2 rings (SSSR count). The third-order valence-corrected chi connectivity index (χ3v) is 4.68. The summed E-state index contributed by atoms with van der Waals surface area (Å²) in [5.74, 6) is -1.23. The normalized spacial score (nSPS) is 19.3. The van der Waals surface area contributed by atoms with Crippen LogP contribution in [0, 0.1) is 0 Å². The van der Waals surface area contributed by atoms with Gasteiger partial charge in [-0.2, -0.15) is 0 Å². The maximum absolute atomic E-state index is 12.3. The molecule has 0 bridgehead atoms. The quantitative estimate of drug-likeness (QED) is 0.784. The fraction of sp³-hybridized carbons (Fsp3) is 0.615. The first-order valence-electron chi connectivity index (χ1n) is 6.71. The molecular weight excluding hydrogens is 278 g/mol. The van der Waals surface area contributed by atoms with Crippen LogP contribution in [0.4, 0.5) is 0 Å². The molecule has 7 heteroatoms. The van der Waals surface area contributed by atoms with Crippen molar-refractivity contribution >= 4 is 23.2 Å². The predicted molar refractivity (Wildman–Crippen MR) is 75.6 cm³/mol. The van der Waals surface area contributed by atoms with Gasteiger partial charge in [0.25, 0.3) is 0 Å². The van der Waals surface area contributed by atoms with Crippen molar-refractivity contribution in [3.05, 3.63) is 16.1 Å². The number of nitrogens with zero attached hydrogens (tertiary/aromatic N) is 1. The highest BCUT2D eigenvalue weighted by Crippen LogP contribution is 2.27. The summed E-state index contributed by atoms with van der Waals surface area (Å²) in [6.07, 6.45) is 4.46. The third kappa shape index (κ3) is 3.16. The summed E-state index contributed by atoms with van der Waals surface area (Å²) in [6.45, 7) is 1.79. The molecular formula is C13H19N3O3S. The average molecular weight is 297 g/mol. The molecule has 20 heavy (non-hydrogen) atoms. The Morgan fingerprint density at radius 2 is 2.10 bits per heavy atom. The monoisotopic (exact) mass is 297 g/mol. The molecule has 1 amide bonds.